The number of aliphatic hydroxyl groups is 2. The van der Waals surface area contributed by atoms with Gasteiger partial charge in [0.05, 0.1) is 0 Å². The van der Waals surface area contributed by atoms with Crippen molar-refractivity contribution >= 4 is 35.3 Å². The van der Waals surface area contributed by atoms with Crippen molar-refractivity contribution in [3.8, 4) is 11.1 Å². The molecule has 1 heterocycles. The minimum absolute atomic E-state index is 0.683. The molecule has 3 heteroatoms. The predicted octanol–water partition coefficient (Wildman–Crippen LogP) is 7.73. The molecule has 0 saturated carbocycles. The highest BCUT2D eigenvalue weighted by atomic mass is 28.3. The first-order chi connectivity index (χ1) is 21.8. The van der Waals surface area contributed by atoms with E-state index in [0.717, 1.165) is 63.4 Å². The van der Waals surface area contributed by atoms with E-state index in [0.29, 0.717) is 6.42 Å². The molecule has 5 aromatic carbocycles. The van der Waals surface area contributed by atoms with E-state index in [1.807, 2.05) is 0 Å². The van der Waals surface area contributed by atoms with Gasteiger partial charge in [0, 0.05) is 0 Å². The van der Waals surface area contributed by atoms with E-state index in [1.165, 1.54) is 32.6 Å². The van der Waals surface area contributed by atoms with Crippen molar-refractivity contribution < 1.29 is 10.2 Å². The summed E-state index contributed by atoms with van der Waals surface area (Å²) < 4.78 is 0. The third kappa shape index (κ3) is 3.57. The van der Waals surface area contributed by atoms with Gasteiger partial charge in [-0.2, -0.15) is 0 Å². The molecular formula is C42H36O2Si. The zero-order valence-electron chi connectivity index (χ0n) is 25.8. The number of fused-ring (bicyclic) bond motifs is 6. The maximum atomic E-state index is 13.4. The van der Waals surface area contributed by atoms with Crippen molar-refractivity contribution in [3.63, 3.8) is 0 Å². The van der Waals surface area contributed by atoms with Crippen LogP contribution in [0, 0.1) is 0 Å². The normalized spacial score (nSPS) is 23.7. The molecule has 0 spiro atoms. The quantitative estimate of drug-likeness (QED) is 0.204. The van der Waals surface area contributed by atoms with Gasteiger partial charge < -0.3 is 10.2 Å². The largest absolute Gasteiger partial charge is 0.376 e. The van der Waals surface area contributed by atoms with Crippen LogP contribution in [0.5, 0.6) is 0 Å². The van der Waals surface area contributed by atoms with Crippen LogP contribution in [0.4, 0.5) is 0 Å². The first-order valence-electron chi connectivity index (χ1n) is 16.3. The van der Waals surface area contributed by atoms with Crippen molar-refractivity contribution in [2.45, 2.75) is 50.0 Å². The lowest BCUT2D eigenvalue weighted by molar-refractivity contribution is 0.0699. The summed E-state index contributed by atoms with van der Waals surface area (Å²) in [5.41, 5.74) is 7.23. The summed E-state index contributed by atoms with van der Waals surface area (Å²) in [6.07, 6.45) is 12.2. The molecule has 0 fully saturated rings. The predicted molar refractivity (Wildman–Crippen MR) is 188 cm³/mol. The summed E-state index contributed by atoms with van der Waals surface area (Å²) in [6, 6.07) is 34.5. The van der Waals surface area contributed by atoms with Gasteiger partial charge in [-0.3, -0.25) is 0 Å². The lowest BCUT2D eigenvalue weighted by atomic mass is 9.61. The number of hydrogen-bond donors (Lipinski definition) is 2. The molecule has 4 aliphatic rings. The summed E-state index contributed by atoms with van der Waals surface area (Å²) in [6.45, 7) is 4.83. The number of hydrogen-bond acceptors (Lipinski definition) is 2. The molecule has 0 aromatic heterocycles. The highest BCUT2D eigenvalue weighted by molar-refractivity contribution is 7.03. The van der Waals surface area contributed by atoms with Crippen molar-refractivity contribution in [3.05, 3.63) is 160 Å². The molecule has 3 aliphatic carbocycles. The van der Waals surface area contributed by atoms with E-state index in [1.54, 1.807) is 0 Å². The van der Waals surface area contributed by atoms with Gasteiger partial charge in [-0.15, -0.1) is 0 Å². The van der Waals surface area contributed by atoms with Gasteiger partial charge in [0.25, 0.3) is 0 Å². The van der Waals surface area contributed by atoms with Gasteiger partial charge in [0.2, 0.25) is 0 Å². The Labute approximate surface area is 265 Å². The van der Waals surface area contributed by atoms with Crippen LogP contribution in [-0.4, -0.2) is 18.3 Å². The van der Waals surface area contributed by atoms with Gasteiger partial charge in [-0.1, -0.05) is 122 Å². The SMILES string of the molecule is C[Si]1(C)c2ccccc2-c2cc3c(cc21)C(O)(c1ccc2ccccc2c1)C1=C(C=CCC1)C3(O)c1ccc2c(c1)CCC=C2. The second-order valence-corrected chi connectivity index (χ2v) is 18.1. The molecule has 1 aliphatic heterocycles. The molecular weight excluding hydrogens is 565 g/mol. The third-order valence-corrected chi connectivity index (χ3v) is 14.6. The van der Waals surface area contributed by atoms with Gasteiger partial charge in [0.15, 0.2) is 0 Å². The molecule has 0 saturated heterocycles. The Morgan fingerprint density at radius 2 is 1.31 bits per heavy atom. The molecule has 9 rings (SSSR count). The average Bonchev–Trinajstić information content (AvgIpc) is 3.31. The van der Waals surface area contributed by atoms with E-state index in [2.05, 4.69) is 134 Å². The third-order valence-electron chi connectivity index (χ3n) is 11.1. The molecule has 2 atom stereocenters. The van der Waals surface area contributed by atoms with Crippen LogP contribution < -0.4 is 10.4 Å². The Balaban J connectivity index is 1.40. The maximum Gasteiger partial charge on any atom is 0.141 e. The molecule has 2 unspecified atom stereocenters. The second-order valence-electron chi connectivity index (χ2n) is 13.8. The highest BCUT2D eigenvalue weighted by Gasteiger charge is 2.53. The molecule has 0 amide bonds. The monoisotopic (exact) mass is 600 g/mol. The van der Waals surface area contributed by atoms with Gasteiger partial charge >= 0.3 is 0 Å². The Morgan fingerprint density at radius 1 is 0.600 bits per heavy atom. The standard InChI is InChI=1S/C42H36O2Si/c1-45(2)39-18-10-7-15-33(39)34-25-37-38(26-40(34)45)42(44,32-22-20-28-12-4-6-14-30(28)24-32)36-17-9-8-16-35(36)41(37,43)31-21-19-27-11-3-5-13-29(27)23-31/h3-4,6-8,10-12,14-16,18-26,43-44H,5,9,13,17H2,1-2H3. The topological polar surface area (TPSA) is 40.5 Å². The molecule has 2 nitrogen and oxygen atoms in total. The lowest BCUT2D eigenvalue weighted by Gasteiger charge is -2.48. The van der Waals surface area contributed by atoms with Crippen LogP contribution in [0.3, 0.4) is 0 Å². The summed E-state index contributed by atoms with van der Waals surface area (Å²) in [7, 11) is -2.07. The van der Waals surface area contributed by atoms with Gasteiger partial charge in [0.1, 0.15) is 19.3 Å². The number of aryl methyl sites for hydroxylation is 1. The van der Waals surface area contributed by atoms with Crippen molar-refractivity contribution in [2.24, 2.45) is 0 Å². The minimum Gasteiger partial charge on any atom is -0.376 e. The molecule has 45 heavy (non-hydrogen) atoms. The fourth-order valence-electron chi connectivity index (χ4n) is 8.75. The highest BCUT2D eigenvalue weighted by Crippen LogP contribution is 2.56. The second kappa shape index (κ2) is 9.37. The van der Waals surface area contributed by atoms with E-state index < -0.39 is 19.3 Å². The van der Waals surface area contributed by atoms with E-state index >= 15 is 0 Å². The Kier molecular flexibility index (Phi) is 5.63. The Morgan fingerprint density at radius 3 is 2.20 bits per heavy atom. The summed E-state index contributed by atoms with van der Waals surface area (Å²) in [5.74, 6) is 0. The maximum absolute atomic E-state index is 13.4. The molecule has 5 aromatic rings. The summed E-state index contributed by atoms with van der Waals surface area (Å²) >= 11 is 0. The summed E-state index contributed by atoms with van der Waals surface area (Å²) in [5, 5.41) is 31.9. The van der Waals surface area contributed by atoms with Crippen LogP contribution >= 0.6 is 0 Å². The fraction of sp³-hybridized carbons (Fsp3) is 0.190. The fourth-order valence-corrected chi connectivity index (χ4v) is 11.8. The van der Waals surface area contributed by atoms with Gasteiger partial charge in [-0.05, 0) is 115 Å². The van der Waals surface area contributed by atoms with Crippen molar-refractivity contribution in [1.82, 2.24) is 0 Å². The van der Waals surface area contributed by atoms with E-state index in [9.17, 15) is 10.2 Å². The van der Waals surface area contributed by atoms with Crippen LogP contribution in [0.25, 0.3) is 28.0 Å². The van der Waals surface area contributed by atoms with Crippen LogP contribution in [0.15, 0.2) is 126 Å². The van der Waals surface area contributed by atoms with Crippen LogP contribution in [0.2, 0.25) is 13.1 Å². The minimum atomic E-state index is -2.07. The van der Waals surface area contributed by atoms with Crippen molar-refractivity contribution in [1.29, 1.82) is 0 Å². The van der Waals surface area contributed by atoms with Crippen molar-refractivity contribution in [2.75, 3.05) is 0 Å². The lowest BCUT2D eigenvalue weighted by Crippen LogP contribution is -2.51. The van der Waals surface area contributed by atoms with Crippen LogP contribution in [0.1, 0.15) is 52.6 Å². The Bertz CT molecular complexity index is 2180. The van der Waals surface area contributed by atoms with Crippen LogP contribution in [-0.2, 0) is 17.6 Å². The Hall–Kier alpha value is -4.28. The number of rotatable bonds is 2. The van der Waals surface area contributed by atoms with Gasteiger partial charge in [-0.25, -0.2) is 0 Å². The average molecular weight is 601 g/mol. The zero-order chi connectivity index (χ0) is 30.6. The molecule has 220 valence electrons. The number of allylic oxidation sites excluding steroid dienone is 2. The number of benzene rings is 5. The van der Waals surface area contributed by atoms with E-state index in [-0.39, 0.29) is 0 Å². The first kappa shape index (κ1) is 27.1. The van der Waals surface area contributed by atoms with E-state index in [4.69, 9.17) is 0 Å². The molecule has 0 bridgehead atoms. The smallest absolute Gasteiger partial charge is 0.141 e. The molecule has 2 N–H and O–H groups in total. The zero-order valence-corrected chi connectivity index (χ0v) is 26.8. The summed E-state index contributed by atoms with van der Waals surface area (Å²) in [4.78, 5) is 0. The first-order valence-corrected chi connectivity index (χ1v) is 19.3. The molecule has 0 radical (unpaired) electrons.